The maximum atomic E-state index is 12.7. The van der Waals surface area contributed by atoms with Crippen molar-refractivity contribution >= 4 is 16.9 Å². The summed E-state index contributed by atoms with van der Waals surface area (Å²) in [6, 6.07) is 15.7. The van der Waals surface area contributed by atoms with Gasteiger partial charge in [0.1, 0.15) is 6.33 Å². The minimum absolute atomic E-state index is 0.0560. The maximum Gasteiger partial charge on any atom is 0.251 e. The average molecular weight is 407 g/mol. The molecule has 1 amide bonds. The van der Waals surface area contributed by atoms with Crippen LogP contribution < -0.4 is 5.32 Å². The largest absolute Gasteiger partial charge is 0.373 e. The number of fused-ring (bicyclic) bond motifs is 1. The van der Waals surface area contributed by atoms with Gasteiger partial charge < -0.3 is 10.1 Å². The van der Waals surface area contributed by atoms with Gasteiger partial charge in [-0.2, -0.15) is 0 Å². The number of amides is 1. The summed E-state index contributed by atoms with van der Waals surface area (Å²) < 4.78 is 7.87. The van der Waals surface area contributed by atoms with Crippen LogP contribution in [0.1, 0.15) is 38.1 Å². The topological polar surface area (TPSA) is 59.4 Å². The highest BCUT2D eigenvalue weighted by Gasteiger charge is 2.33. The lowest BCUT2D eigenvalue weighted by Gasteiger charge is -2.45. The van der Waals surface area contributed by atoms with Crippen molar-refractivity contribution in [2.24, 2.45) is 0 Å². The summed E-state index contributed by atoms with van der Waals surface area (Å²) in [5.41, 5.74) is 3.50. The number of imidazole rings is 1. The first-order valence-electron chi connectivity index (χ1n) is 10.5. The number of aromatic nitrogens is 2. The van der Waals surface area contributed by atoms with E-state index in [0.717, 1.165) is 29.8 Å². The molecule has 6 nitrogen and oxygen atoms in total. The van der Waals surface area contributed by atoms with Crippen LogP contribution in [-0.4, -0.2) is 57.7 Å². The van der Waals surface area contributed by atoms with Crippen molar-refractivity contribution in [3.63, 3.8) is 0 Å². The molecule has 0 saturated carbocycles. The van der Waals surface area contributed by atoms with Crippen molar-refractivity contribution in [3.05, 3.63) is 60.4 Å². The van der Waals surface area contributed by atoms with Crippen molar-refractivity contribution < 1.29 is 9.53 Å². The number of carbonyl (C=O) groups excluding carboxylic acids is 1. The zero-order valence-corrected chi connectivity index (χ0v) is 18.1. The van der Waals surface area contributed by atoms with E-state index in [9.17, 15) is 4.79 Å². The molecule has 30 heavy (non-hydrogen) atoms. The highest BCUT2D eigenvalue weighted by molar-refractivity contribution is 5.94. The highest BCUT2D eigenvalue weighted by atomic mass is 16.5. The molecule has 0 spiro atoms. The van der Waals surface area contributed by atoms with E-state index in [4.69, 9.17) is 4.74 Å². The predicted molar refractivity (Wildman–Crippen MR) is 119 cm³/mol. The van der Waals surface area contributed by atoms with E-state index >= 15 is 0 Å². The van der Waals surface area contributed by atoms with Gasteiger partial charge in [0.15, 0.2) is 0 Å². The Bertz CT molecular complexity index is 1020. The molecule has 2 aromatic carbocycles. The average Bonchev–Trinajstić information content (AvgIpc) is 3.16. The maximum absolute atomic E-state index is 12.7. The van der Waals surface area contributed by atoms with Crippen LogP contribution in [0, 0.1) is 0 Å². The Morgan fingerprint density at radius 2 is 1.77 bits per heavy atom. The summed E-state index contributed by atoms with van der Waals surface area (Å²) in [5.74, 6) is -0.0560. The number of hydrogen-bond donors (Lipinski definition) is 1. The van der Waals surface area contributed by atoms with Crippen LogP contribution in [0.3, 0.4) is 0 Å². The van der Waals surface area contributed by atoms with Crippen molar-refractivity contribution in [1.29, 1.82) is 0 Å². The number of para-hydroxylation sites is 2. The summed E-state index contributed by atoms with van der Waals surface area (Å²) in [5, 5.41) is 3.11. The standard InChI is InChI=1S/C24H30N4O2/c1-17-13-27(14-18(2)30-17)24(3,4)15-25-23(29)19-9-11-20(12-10-19)28-16-26-21-7-5-6-8-22(21)28/h5-12,16-18H,13-15H2,1-4H3,(H,25,29)/t17-,18-/m1/s1. The van der Waals surface area contributed by atoms with E-state index in [0.29, 0.717) is 12.1 Å². The molecule has 2 heterocycles. The highest BCUT2D eigenvalue weighted by Crippen LogP contribution is 2.21. The second-order valence-corrected chi connectivity index (χ2v) is 8.81. The van der Waals surface area contributed by atoms with Gasteiger partial charge in [0.2, 0.25) is 0 Å². The molecule has 1 aromatic heterocycles. The third-order valence-electron chi connectivity index (χ3n) is 5.82. The molecule has 2 atom stereocenters. The van der Waals surface area contributed by atoms with Crippen LogP contribution in [0.4, 0.5) is 0 Å². The van der Waals surface area contributed by atoms with E-state index in [1.807, 2.05) is 59.4 Å². The fourth-order valence-corrected chi connectivity index (χ4v) is 4.12. The number of carbonyl (C=O) groups is 1. The lowest BCUT2D eigenvalue weighted by molar-refractivity contribution is -0.0948. The van der Waals surface area contributed by atoms with E-state index in [1.54, 1.807) is 0 Å². The van der Waals surface area contributed by atoms with Crippen LogP contribution in [0.5, 0.6) is 0 Å². The number of morpholine rings is 1. The molecule has 0 aliphatic carbocycles. The number of rotatable bonds is 5. The lowest BCUT2D eigenvalue weighted by atomic mass is 10.00. The molecule has 3 aromatic rings. The van der Waals surface area contributed by atoms with E-state index in [2.05, 4.69) is 42.9 Å². The van der Waals surface area contributed by atoms with E-state index in [1.165, 1.54) is 0 Å². The molecule has 1 fully saturated rings. The van der Waals surface area contributed by atoms with Gasteiger partial charge in [-0.3, -0.25) is 14.3 Å². The SMILES string of the molecule is C[C@@H]1CN(C(C)(C)CNC(=O)c2ccc(-n3cnc4ccccc43)cc2)C[C@@H](C)O1. The molecule has 0 unspecified atom stereocenters. The first-order chi connectivity index (χ1) is 14.3. The van der Waals surface area contributed by atoms with Gasteiger partial charge in [0, 0.05) is 36.4 Å². The number of ether oxygens (including phenoxy) is 1. The minimum Gasteiger partial charge on any atom is -0.373 e. The van der Waals surface area contributed by atoms with E-state index < -0.39 is 0 Å². The summed E-state index contributed by atoms with van der Waals surface area (Å²) in [6.45, 7) is 10.9. The Kier molecular flexibility index (Phi) is 5.62. The molecule has 6 heteroatoms. The van der Waals surface area contributed by atoms with Crippen LogP contribution in [-0.2, 0) is 4.74 Å². The Balaban J connectivity index is 1.41. The fourth-order valence-electron chi connectivity index (χ4n) is 4.12. The third kappa shape index (κ3) is 4.25. The minimum atomic E-state index is -0.141. The second-order valence-electron chi connectivity index (χ2n) is 8.81. The number of hydrogen-bond acceptors (Lipinski definition) is 4. The molecular formula is C24H30N4O2. The lowest BCUT2D eigenvalue weighted by Crippen LogP contribution is -2.58. The molecule has 1 N–H and O–H groups in total. The molecule has 0 radical (unpaired) electrons. The van der Waals surface area contributed by atoms with Crippen LogP contribution in [0.25, 0.3) is 16.7 Å². The fraction of sp³-hybridized carbons (Fsp3) is 0.417. The quantitative estimate of drug-likeness (QED) is 0.703. The number of benzene rings is 2. The first-order valence-corrected chi connectivity index (χ1v) is 10.5. The summed E-state index contributed by atoms with van der Waals surface area (Å²) >= 11 is 0. The van der Waals surface area contributed by atoms with Gasteiger partial charge in [-0.05, 0) is 64.1 Å². The molecular weight excluding hydrogens is 376 g/mol. The Morgan fingerprint density at radius 1 is 1.10 bits per heavy atom. The van der Waals surface area contributed by atoms with Gasteiger partial charge in [-0.25, -0.2) is 4.98 Å². The van der Waals surface area contributed by atoms with Gasteiger partial charge >= 0.3 is 0 Å². The van der Waals surface area contributed by atoms with Gasteiger partial charge in [-0.15, -0.1) is 0 Å². The van der Waals surface area contributed by atoms with Crippen molar-refractivity contribution in [1.82, 2.24) is 19.8 Å². The molecule has 1 aliphatic rings. The zero-order valence-electron chi connectivity index (χ0n) is 18.1. The summed E-state index contributed by atoms with van der Waals surface area (Å²) in [4.78, 5) is 19.6. The molecule has 1 aliphatic heterocycles. The second kappa shape index (κ2) is 8.20. The predicted octanol–water partition coefficient (Wildman–Crippen LogP) is 3.64. The van der Waals surface area contributed by atoms with Gasteiger partial charge in [-0.1, -0.05) is 12.1 Å². The van der Waals surface area contributed by atoms with Crippen molar-refractivity contribution in [2.45, 2.75) is 45.4 Å². The Morgan fingerprint density at radius 3 is 2.47 bits per heavy atom. The molecule has 4 rings (SSSR count). The van der Waals surface area contributed by atoms with Crippen LogP contribution >= 0.6 is 0 Å². The summed E-state index contributed by atoms with van der Waals surface area (Å²) in [6.07, 6.45) is 2.22. The van der Waals surface area contributed by atoms with Crippen LogP contribution in [0.2, 0.25) is 0 Å². The molecule has 1 saturated heterocycles. The first kappa shape index (κ1) is 20.6. The molecule has 158 valence electrons. The summed E-state index contributed by atoms with van der Waals surface area (Å²) in [7, 11) is 0. The van der Waals surface area contributed by atoms with Crippen molar-refractivity contribution in [3.8, 4) is 5.69 Å². The van der Waals surface area contributed by atoms with Crippen molar-refractivity contribution in [2.75, 3.05) is 19.6 Å². The normalized spacial score (nSPS) is 20.4. The Hall–Kier alpha value is -2.70. The zero-order chi connectivity index (χ0) is 21.3. The van der Waals surface area contributed by atoms with Gasteiger partial charge in [0.05, 0.1) is 23.2 Å². The third-order valence-corrected chi connectivity index (χ3v) is 5.82. The van der Waals surface area contributed by atoms with Crippen LogP contribution in [0.15, 0.2) is 54.9 Å². The smallest absolute Gasteiger partial charge is 0.251 e. The monoisotopic (exact) mass is 406 g/mol. The van der Waals surface area contributed by atoms with E-state index in [-0.39, 0.29) is 23.7 Å². The number of nitrogens with one attached hydrogen (secondary N) is 1. The molecule has 0 bridgehead atoms. The van der Waals surface area contributed by atoms with Gasteiger partial charge in [0.25, 0.3) is 5.91 Å². The number of nitrogens with zero attached hydrogens (tertiary/aromatic N) is 3. The Labute approximate surface area is 177 Å².